The van der Waals surface area contributed by atoms with E-state index in [1.807, 2.05) is 0 Å². The summed E-state index contributed by atoms with van der Waals surface area (Å²) in [5.74, 6) is 2.44. The Morgan fingerprint density at radius 2 is 2.19 bits per heavy atom. The Bertz CT molecular complexity index is 292. The summed E-state index contributed by atoms with van der Waals surface area (Å²) in [5.41, 5.74) is 0. The highest BCUT2D eigenvalue weighted by Crippen LogP contribution is 2.48. The van der Waals surface area contributed by atoms with Crippen LogP contribution < -0.4 is 5.32 Å². The highest BCUT2D eigenvalue weighted by molar-refractivity contribution is 5.79. The molecule has 4 unspecified atom stereocenters. The third-order valence-corrected chi connectivity index (χ3v) is 4.74. The number of carbonyl (C=O) groups excluding carboxylic acids is 1. The molecule has 16 heavy (non-hydrogen) atoms. The van der Waals surface area contributed by atoms with Gasteiger partial charge in [0.1, 0.15) is 0 Å². The summed E-state index contributed by atoms with van der Waals surface area (Å²) < 4.78 is 0. The predicted molar refractivity (Wildman–Crippen MR) is 63.0 cm³/mol. The van der Waals surface area contributed by atoms with Crippen molar-refractivity contribution in [1.82, 2.24) is 10.2 Å². The van der Waals surface area contributed by atoms with Crippen LogP contribution in [0.2, 0.25) is 0 Å². The van der Waals surface area contributed by atoms with Gasteiger partial charge < -0.3 is 10.2 Å². The number of amides is 1. The van der Waals surface area contributed by atoms with E-state index < -0.39 is 0 Å². The molecule has 0 aromatic carbocycles. The molecule has 3 aliphatic rings. The molecule has 1 aliphatic heterocycles. The molecule has 0 spiro atoms. The minimum atomic E-state index is 0.379. The van der Waals surface area contributed by atoms with Crippen LogP contribution in [0.25, 0.3) is 0 Å². The summed E-state index contributed by atoms with van der Waals surface area (Å²) in [6, 6.07) is 0.469. The van der Waals surface area contributed by atoms with Crippen molar-refractivity contribution in [1.29, 1.82) is 0 Å². The zero-order chi connectivity index (χ0) is 11.1. The van der Waals surface area contributed by atoms with E-state index in [4.69, 9.17) is 0 Å². The van der Waals surface area contributed by atoms with Gasteiger partial charge in [-0.25, -0.2) is 0 Å². The number of piperazine rings is 1. The quantitative estimate of drug-likeness (QED) is 0.724. The second-order valence-corrected chi connectivity index (χ2v) is 5.92. The van der Waals surface area contributed by atoms with Crippen LogP contribution in [0.15, 0.2) is 0 Å². The van der Waals surface area contributed by atoms with Gasteiger partial charge in [-0.15, -0.1) is 0 Å². The normalized spacial score (nSPS) is 42.7. The minimum Gasteiger partial charge on any atom is -0.340 e. The molecule has 3 rings (SSSR count). The molecule has 1 heterocycles. The monoisotopic (exact) mass is 222 g/mol. The van der Waals surface area contributed by atoms with E-state index in [2.05, 4.69) is 17.1 Å². The molecule has 2 bridgehead atoms. The Morgan fingerprint density at radius 3 is 2.81 bits per heavy atom. The van der Waals surface area contributed by atoms with Crippen molar-refractivity contribution in [2.45, 2.75) is 38.6 Å². The lowest BCUT2D eigenvalue weighted by atomic mass is 9.87. The molecule has 3 fully saturated rings. The van der Waals surface area contributed by atoms with Crippen LogP contribution in [0.3, 0.4) is 0 Å². The Balaban J connectivity index is 1.64. The lowest BCUT2D eigenvalue weighted by Gasteiger charge is -2.35. The molecule has 2 aliphatic carbocycles. The molecule has 3 nitrogen and oxygen atoms in total. The molecule has 0 radical (unpaired) electrons. The van der Waals surface area contributed by atoms with Gasteiger partial charge in [0.15, 0.2) is 0 Å². The van der Waals surface area contributed by atoms with Gasteiger partial charge in [-0.2, -0.15) is 0 Å². The second-order valence-electron chi connectivity index (χ2n) is 5.92. The van der Waals surface area contributed by atoms with Gasteiger partial charge in [0.2, 0.25) is 5.91 Å². The van der Waals surface area contributed by atoms with E-state index in [0.717, 1.165) is 31.5 Å². The molecule has 1 amide bonds. The van der Waals surface area contributed by atoms with E-state index in [1.165, 1.54) is 25.7 Å². The Labute approximate surface area is 97.6 Å². The first-order valence-corrected chi connectivity index (χ1v) is 6.76. The Hall–Kier alpha value is -0.570. The number of hydrogen-bond donors (Lipinski definition) is 1. The van der Waals surface area contributed by atoms with Crippen molar-refractivity contribution in [3.05, 3.63) is 0 Å². The third kappa shape index (κ3) is 1.75. The van der Waals surface area contributed by atoms with Crippen LogP contribution in [0.1, 0.15) is 32.6 Å². The van der Waals surface area contributed by atoms with Gasteiger partial charge >= 0.3 is 0 Å². The molecule has 1 saturated heterocycles. The van der Waals surface area contributed by atoms with Gasteiger partial charge in [-0.05, 0) is 38.0 Å². The summed E-state index contributed by atoms with van der Waals surface area (Å²) in [4.78, 5) is 14.5. The summed E-state index contributed by atoms with van der Waals surface area (Å²) in [5, 5.41) is 3.40. The van der Waals surface area contributed by atoms with Crippen molar-refractivity contribution in [2.24, 2.45) is 17.8 Å². The highest BCUT2D eigenvalue weighted by atomic mass is 16.2. The summed E-state index contributed by atoms with van der Waals surface area (Å²) in [6.07, 6.45) is 5.20. The third-order valence-electron chi connectivity index (χ3n) is 4.74. The van der Waals surface area contributed by atoms with Gasteiger partial charge in [0, 0.05) is 31.6 Å². The fourth-order valence-electron chi connectivity index (χ4n) is 3.91. The molecule has 0 aromatic heterocycles. The van der Waals surface area contributed by atoms with Crippen molar-refractivity contribution in [3.63, 3.8) is 0 Å². The number of nitrogens with one attached hydrogen (secondary N) is 1. The van der Waals surface area contributed by atoms with Crippen LogP contribution >= 0.6 is 0 Å². The predicted octanol–water partition coefficient (Wildman–Crippen LogP) is 1.24. The van der Waals surface area contributed by atoms with Crippen molar-refractivity contribution in [3.8, 4) is 0 Å². The van der Waals surface area contributed by atoms with E-state index in [0.29, 0.717) is 17.9 Å². The summed E-state index contributed by atoms with van der Waals surface area (Å²) in [6.45, 7) is 4.96. The number of nitrogens with zero attached hydrogens (tertiary/aromatic N) is 1. The van der Waals surface area contributed by atoms with E-state index in [9.17, 15) is 4.79 Å². The van der Waals surface area contributed by atoms with Gasteiger partial charge in [0.25, 0.3) is 0 Å². The fraction of sp³-hybridized carbons (Fsp3) is 0.923. The molecular formula is C13H22N2O. The first kappa shape index (κ1) is 10.6. The first-order valence-electron chi connectivity index (χ1n) is 6.76. The fourth-order valence-corrected chi connectivity index (χ4v) is 3.91. The van der Waals surface area contributed by atoms with Crippen molar-refractivity contribution >= 4 is 5.91 Å². The lowest BCUT2D eigenvalue weighted by molar-refractivity contribution is -0.138. The topological polar surface area (TPSA) is 32.3 Å². The maximum atomic E-state index is 12.4. The largest absolute Gasteiger partial charge is 0.340 e. The van der Waals surface area contributed by atoms with Crippen LogP contribution in [0.5, 0.6) is 0 Å². The van der Waals surface area contributed by atoms with Crippen LogP contribution in [0.4, 0.5) is 0 Å². The number of rotatable bonds is 1. The Morgan fingerprint density at radius 1 is 1.31 bits per heavy atom. The smallest absolute Gasteiger partial charge is 0.226 e. The average molecular weight is 222 g/mol. The number of hydrogen-bond acceptors (Lipinski definition) is 2. The number of fused-ring (bicyclic) bond motifs is 2. The second kappa shape index (κ2) is 4.02. The highest BCUT2D eigenvalue weighted by Gasteiger charge is 2.44. The standard InChI is InChI=1S/C13H22N2O/c1-9-8-15(5-4-14-9)13(16)12-7-10-2-3-11(12)6-10/h9-12,14H,2-8H2,1H3. The molecule has 0 aromatic rings. The van der Waals surface area contributed by atoms with E-state index >= 15 is 0 Å². The molecule has 4 atom stereocenters. The molecule has 3 heteroatoms. The van der Waals surface area contributed by atoms with Crippen LogP contribution in [0, 0.1) is 17.8 Å². The number of carbonyl (C=O) groups is 1. The maximum absolute atomic E-state index is 12.4. The van der Waals surface area contributed by atoms with Crippen LogP contribution in [-0.4, -0.2) is 36.5 Å². The SMILES string of the molecule is CC1CN(C(=O)C2CC3CCC2C3)CCN1. The van der Waals surface area contributed by atoms with Gasteiger partial charge in [0.05, 0.1) is 0 Å². The zero-order valence-electron chi connectivity index (χ0n) is 10.1. The Kier molecular flexibility index (Phi) is 2.66. The van der Waals surface area contributed by atoms with E-state index in [1.54, 1.807) is 0 Å². The summed E-state index contributed by atoms with van der Waals surface area (Å²) >= 11 is 0. The van der Waals surface area contributed by atoms with Gasteiger partial charge in [-0.1, -0.05) is 6.42 Å². The average Bonchev–Trinajstić information content (AvgIpc) is 2.89. The molecule has 90 valence electrons. The molecule has 1 N–H and O–H groups in total. The minimum absolute atomic E-state index is 0.379. The van der Waals surface area contributed by atoms with Crippen molar-refractivity contribution < 1.29 is 4.79 Å². The van der Waals surface area contributed by atoms with E-state index in [-0.39, 0.29) is 0 Å². The zero-order valence-corrected chi connectivity index (χ0v) is 10.1. The van der Waals surface area contributed by atoms with Gasteiger partial charge in [-0.3, -0.25) is 4.79 Å². The molecule has 2 saturated carbocycles. The van der Waals surface area contributed by atoms with Crippen LogP contribution in [-0.2, 0) is 4.79 Å². The maximum Gasteiger partial charge on any atom is 0.226 e. The first-order chi connectivity index (χ1) is 7.74. The molecular weight excluding hydrogens is 200 g/mol. The van der Waals surface area contributed by atoms with Crippen molar-refractivity contribution in [2.75, 3.05) is 19.6 Å². The summed E-state index contributed by atoms with van der Waals surface area (Å²) in [7, 11) is 0. The lowest BCUT2D eigenvalue weighted by Crippen LogP contribution is -2.53.